The fourth-order valence-electron chi connectivity index (χ4n) is 0.553. The summed E-state index contributed by atoms with van der Waals surface area (Å²) in [5.74, 6) is 0. The van der Waals surface area contributed by atoms with Gasteiger partial charge >= 0.3 is 68.5 Å². The molecular weight excluding hydrogens is 412 g/mol. The summed E-state index contributed by atoms with van der Waals surface area (Å²) in [7, 11) is 0. The largest absolute Gasteiger partial charge is 2.00 e. The molecule has 0 aromatic heterocycles. The molecule has 0 fully saturated rings. The molecule has 6 N–H and O–H groups in total. The smallest absolute Gasteiger partial charge is 0.565 e. The molecule has 18 nitrogen and oxygen atoms in total. The first-order chi connectivity index (χ1) is 11.1. The van der Waals surface area contributed by atoms with Gasteiger partial charge in [0, 0.05) is 0 Å². The summed E-state index contributed by atoms with van der Waals surface area (Å²) in [5, 5.41) is 63.2. The predicted octanol–water partition coefficient (Wildman–Crippen LogP) is -2.23. The number of hydrogen-bond donors (Lipinski definition) is 6. The van der Waals surface area contributed by atoms with Crippen molar-refractivity contribution in [2.75, 3.05) is 0 Å². The van der Waals surface area contributed by atoms with Gasteiger partial charge in [-0.05, 0) is 0 Å². The van der Waals surface area contributed by atoms with Crippen molar-refractivity contribution in [1.29, 1.82) is 0 Å². The van der Waals surface area contributed by atoms with E-state index in [9.17, 15) is 19.2 Å². The van der Waals surface area contributed by atoms with Crippen LogP contribution >= 0.6 is 0 Å². The van der Waals surface area contributed by atoms with Crippen molar-refractivity contribution in [2.24, 2.45) is 0 Å². The van der Waals surface area contributed by atoms with Crippen LogP contribution in [-0.2, 0) is 18.9 Å². The molecule has 0 amide bonds. The van der Waals surface area contributed by atoms with Gasteiger partial charge in [0.2, 0.25) is 12.3 Å². The first-order valence-corrected chi connectivity index (χ1v) is 4.61. The summed E-state index contributed by atoms with van der Waals surface area (Å²) >= 11 is 0. The third-order valence-electron chi connectivity index (χ3n) is 0.849. The summed E-state index contributed by atoms with van der Waals surface area (Å²) in [4.78, 5) is 57.4. The van der Waals surface area contributed by atoms with Gasteiger partial charge in [0.1, 0.15) is 0 Å². The molecule has 0 aromatic carbocycles. The normalized spacial score (nSPS) is 8.31. The van der Waals surface area contributed by atoms with E-state index in [-0.39, 0.29) is 37.7 Å². The van der Waals surface area contributed by atoms with Crippen LogP contribution in [0.5, 0.6) is 0 Å². The summed E-state index contributed by atoms with van der Waals surface area (Å²) in [6.45, 7) is 0. The molecule has 144 valence electrons. The molecule has 0 heterocycles. The van der Waals surface area contributed by atoms with Gasteiger partial charge in [-0.15, -0.1) is 0 Å². The van der Waals surface area contributed by atoms with Crippen molar-refractivity contribution in [2.45, 2.75) is 6.16 Å². The van der Waals surface area contributed by atoms with Gasteiger partial charge in [0.15, 0.2) is 0 Å². The van der Waals surface area contributed by atoms with Crippen molar-refractivity contribution >= 4 is 74.7 Å². The maximum Gasteiger partial charge on any atom is 2.00 e. The summed E-state index contributed by atoms with van der Waals surface area (Å²) in [6.07, 6.45) is -17.2. The number of ether oxygens (including phenoxy) is 4. The Balaban J connectivity index is -0.000000226. The van der Waals surface area contributed by atoms with Gasteiger partial charge < -0.3 is 69.4 Å². The quantitative estimate of drug-likeness (QED) is 0.160. The Hall–Kier alpha value is -3.12. The number of carbonyl (C=O) groups is 6. The van der Waals surface area contributed by atoms with Crippen molar-refractivity contribution in [3.05, 3.63) is 0 Å². The van der Waals surface area contributed by atoms with Crippen molar-refractivity contribution in [3.63, 3.8) is 0 Å². The predicted molar refractivity (Wildman–Crippen MR) is 61.0 cm³/mol. The van der Waals surface area contributed by atoms with Crippen LogP contribution in [0.25, 0.3) is 0 Å². The average molecular weight is 418 g/mol. The molecule has 19 heteroatoms. The van der Waals surface area contributed by atoms with Gasteiger partial charge in [0.05, 0.1) is 0 Å². The number of rotatable bonds is 4. The third-order valence-corrected chi connectivity index (χ3v) is 0.849. The Kier molecular flexibility index (Phi) is 18.2. The first kappa shape index (κ1) is 30.7. The van der Waals surface area contributed by atoms with Gasteiger partial charge in [-0.3, -0.25) is 0 Å². The second kappa shape index (κ2) is 15.4. The molecule has 0 aromatic rings. The van der Waals surface area contributed by atoms with Crippen LogP contribution in [0.4, 0.5) is 28.8 Å². The molecule has 0 saturated heterocycles. The van der Waals surface area contributed by atoms with E-state index in [1.807, 2.05) is 0 Å². The maximum atomic E-state index is 10.1. The van der Waals surface area contributed by atoms with Crippen LogP contribution in [0, 0.1) is 0 Å². The molecule has 26 heavy (non-hydrogen) atoms. The monoisotopic (exact) mass is 418 g/mol. The van der Waals surface area contributed by atoms with Crippen LogP contribution in [0.3, 0.4) is 0 Å². The molecule has 0 unspecified atom stereocenters. The van der Waals surface area contributed by atoms with E-state index in [0.717, 1.165) is 0 Å². The molecule has 0 rings (SSSR count). The Labute approximate surface area is 169 Å². The third kappa shape index (κ3) is 29.0. The molecule has 0 radical (unpaired) electrons. The van der Waals surface area contributed by atoms with E-state index in [2.05, 4.69) is 18.9 Å². The van der Waals surface area contributed by atoms with Crippen molar-refractivity contribution in [3.8, 4) is 0 Å². The zero-order valence-corrected chi connectivity index (χ0v) is 14.0. The fourth-order valence-corrected chi connectivity index (χ4v) is 0.553. The minimum Gasteiger partial charge on any atom is -0.565 e. The minimum absolute atomic E-state index is 0. The van der Waals surface area contributed by atoms with Gasteiger partial charge in [-0.2, -0.15) is 0 Å². The zero-order chi connectivity index (χ0) is 20.8. The van der Waals surface area contributed by atoms with Crippen molar-refractivity contribution in [1.82, 2.24) is 0 Å². The number of hydrogen-bond acceptors (Lipinski definition) is 12. The van der Waals surface area contributed by atoms with Crippen LogP contribution in [-0.4, -0.2) is 111 Å². The van der Waals surface area contributed by atoms with Crippen LogP contribution < -0.4 is 10.2 Å². The Morgan fingerprint density at radius 1 is 0.538 bits per heavy atom. The second-order valence-electron chi connectivity index (χ2n) is 2.50. The van der Waals surface area contributed by atoms with E-state index < -0.39 is 43.1 Å². The van der Waals surface area contributed by atoms with Gasteiger partial charge in [-0.1, -0.05) is 0 Å². The Morgan fingerprint density at radius 2 is 0.654 bits per heavy atom. The molecule has 0 saturated carbocycles. The minimum atomic E-state index is -3.81. The summed E-state index contributed by atoms with van der Waals surface area (Å²) < 4.78 is 13.9. The van der Waals surface area contributed by atoms with Crippen LogP contribution in [0.15, 0.2) is 0 Å². The van der Waals surface area contributed by atoms with Gasteiger partial charge in [-0.25, -0.2) is 19.2 Å². The first-order valence-electron chi connectivity index (χ1n) is 4.61. The number of carboxylic acid groups (broad SMARTS) is 8. The SMILES string of the molecule is O=C(O)OC(OC(=O)O)(OC(=O)O)OC(=O)O.O=C([O-])O.O=C([O-])O.[Ca+2]. The average Bonchev–Trinajstić information content (AvgIpc) is 2.20. The molecule has 0 spiro atoms. The molecule has 0 aliphatic heterocycles. The summed E-state index contributed by atoms with van der Waals surface area (Å²) in [5.41, 5.74) is 0. The Bertz CT molecular complexity index is 420. The maximum absolute atomic E-state index is 10.1. The van der Waals surface area contributed by atoms with E-state index in [1.165, 1.54) is 0 Å². The second-order valence-corrected chi connectivity index (χ2v) is 2.50. The van der Waals surface area contributed by atoms with Gasteiger partial charge in [0.25, 0.3) is 0 Å². The molecule has 0 atom stereocenters. The fraction of sp³-hybridized carbons (Fsp3) is 0.143. The van der Waals surface area contributed by atoms with E-state index >= 15 is 0 Å². The topological polar surface area (TPSA) is 307 Å². The molecular formula is C7H6CaO18. The van der Waals surface area contributed by atoms with Crippen molar-refractivity contribution < 1.29 is 88.6 Å². The molecule has 0 aliphatic rings. The summed E-state index contributed by atoms with van der Waals surface area (Å²) in [6, 6.07) is 0. The molecule has 0 aliphatic carbocycles. The van der Waals surface area contributed by atoms with E-state index in [4.69, 9.17) is 50.4 Å². The van der Waals surface area contributed by atoms with Crippen LogP contribution in [0.2, 0.25) is 0 Å². The van der Waals surface area contributed by atoms with Crippen LogP contribution in [0.1, 0.15) is 0 Å². The zero-order valence-electron chi connectivity index (χ0n) is 11.8. The standard InChI is InChI=1S/C5H4O12.2CH2O3.Ca/c6-1(7)14-5(15-2(8)9,16-3(10)11)17-4(12)13;2*2-1(3)4;/h(H,6,7)(H,8,9)(H,10,11)(H,12,13);2*(H2,2,3,4);/q;;;+2/p-2. The van der Waals surface area contributed by atoms with E-state index in [1.54, 1.807) is 0 Å². The Morgan fingerprint density at radius 3 is 0.731 bits per heavy atom. The molecule has 0 bridgehead atoms. The van der Waals surface area contributed by atoms with E-state index in [0.29, 0.717) is 0 Å².